The summed E-state index contributed by atoms with van der Waals surface area (Å²) in [6, 6.07) is 15.0. The average Bonchev–Trinajstić information content (AvgIpc) is 2.49. The Morgan fingerprint density at radius 3 is 2.73 bits per heavy atom. The summed E-state index contributed by atoms with van der Waals surface area (Å²) in [5, 5.41) is 3.35. The SMILES string of the molecule is COc1cccc(CN(C)CC(=O)Nc2ccccc2Cl)c1. The summed E-state index contributed by atoms with van der Waals surface area (Å²) in [5.74, 6) is 0.713. The van der Waals surface area contributed by atoms with Gasteiger partial charge in [0.1, 0.15) is 5.75 Å². The zero-order valence-corrected chi connectivity index (χ0v) is 13.4. The van der Waals surface area contributed by atoms with E-state index in [1.54, 1.807) is 19.2 Å². The summed E-state index contributed by atoms with van der Waals surface area (Å²) < 4.78 is 5.20. The van der Waals surface area contributed by atoms with E-state index in [2.05, 4.69) is 5.32 Å². The van der Waals surface area contributed by atoms with E-state index in [9.17, 15) is 4.79 Å². The average molecular weight is 319 g/mol. The Balaban J connectivity index is 1.89. The number of anilines is 1. The largest absolute Gasteiger partial charge is 0.497 e. The number of para-hydroxylation sites is 1. The summed E-state index contributed by atoms with van der Waals surface area (Å²) >= 11 is 6.03. The van der Waals surface area contributed by atoms with Gasteiger partial charge in [0.05, 0.1) is 24.4 Å². The Morgan fingerprint density at radius 2 is 2.00 bits per heavy atom. The zero-order valence-electron chi connectivity index (χ0n) is 12.7. The lowest BCUT2D eigenvalue weighted by atomic mass is 10.2. The molecule has 0 aromatic heterocycles. The molecule has 4 nitrogen and oxygen atoms in total. The van der Waals surface area contributed by atoms with E-state index >= 15 is 0 Å². The molecule has 2 aromatic rings. The molecule has 1 N–H and O–H groups in total. The van der Waals surface area contributed by atoms with Gasteiger partial charge in [-0.05, 0) is 36.9 Å². The molecule has 0 atom stereocenters. The van der Waals surface area contributed by atoms with Crippen molar-refractivity contribution >= 4 is 23.2 Å². The van der Waals surface area contributed by atoms with Gasteiger partial charge in [0.25, 0.3) is 0 Å². The topological polar surface area (TPSA) is 41.6 Å². The van der Waals surface area contributed by atoms with Crippen LogP contribution in [0.3, 0.4) is 0 Å². The lowest BCUT2D eigenvalue weighted by molar-refractivity contribution is -0.117. The number of nitrogens with one attached hydrogen (secondary N) is 1. The van der Waals surface area contributed by atoms with E-state index in [1.807, 2.05) is 48.3 Å². The van der Waals surface area contributed by atoms with E-state index < -0.39 is 0 Å². The summed E-state index contributed by atoms with van der Waals surface area (Å²) in [4.78, 5) is 14.0. The Hall–Kier alpha value is -2.04. The normalized spacial score (nSPS) is 10.5. The molecule has 0 bridgehead atoms. The van der Waals surface area contributed by atoms with Crippen LogP contribution < -0.4 is 10.1 Å². The van der Waals surface area contributed by atoms with Gasteiger partial charge in [-0.25, -0.2) is 0 Å². The van der Waals surface area contributed by atoms with Crippen LogP contribution in [0.15, 0.2) is 48.5 Å². The minimum absolute atomic E-state index is 0.0986. The van der Waals surface area contributed by atoms with Crippen molar-refractivity contribution < 1.29 is 9.53 Å². The molecule has 0 saturated heterocycles. The molecular formula is C17H19ClN2O2. The van der Waals surface area contributed by atoms with Crippen LogP contribution in [0.4, 0.5) is 5.69 Å². The van der Waals surface area contributed by atoms with Crippen LogP contribution in [-0.2, 0) is 11.3 Å². The molecule has 1 amide bonds. The van der Waals surface area contributed by atoms with Crippen molar-refractivity contribution in [3.63, 3.8) is 0 Å². The smallest absolute Gasteiger partial charge is 0.238 e. The van der Waals surface area contributed by atoms with Crippen LogP contribution in [-0.4, -0.2) is 31.5 Å². The first-order valence-corrected chi connectivity index (χ1v) is 7.32. The van der Waals surface area contributed by atoms with Crippen molar-refractivity contribution in [3.8, 4) is 5.75 Å². The third-order valence-corrected chi connectivity index (χ3v) is 3.48. The molecule has 0 aliphatic carbocycles. The van der Waals surface area contributed by atoms with Crippen molar-refractivity contribution in [2.24, 2.45) is 0 Å². The van der Waals surface area contributed by atoms with Crippen LogP contribution >= 0.6 is 11.6 Å². The van der Waals surface area contributed by atoms with Crippen LogP contribution in [0.25, 0.3) is 0 Å². The number of likely N-dealkylation sites (N-methyl/N-ethyl adjacent to an activating group) is 1. The van der Waals surface area contributed by atoms with Crippen molar-refractivity contribution in [1.29, 1.82) is 0 Å². The van der Waals surface area contributed by atoms with Gasteiger partial charge in [0.15, 0.2) is 0 Å². The Bertz CT molecular complexity index is 646. The maximum atomic E-state index is 12.1. The fourth-order valence-electron chi connectivity index (χ4n) is 2.14. The van der Waals surface area contributed by atoms with E-state index in [0.29, 0.717) is 17.3 Å². The highest BCUT2D eigenvalue weighted by molar-refractivity contribution is 6.33. The van der Waals surface area contributed by atoms with E-state index in [4.69, 9.17) is 16.3 Å². The highest BCUT2D eigenvalue weighted by Gasteiger charge is 2.09. The first-order valence-electron chi connectivity index (χ1n) is 6.94. The molecule has 116 valence electrons. The minimum atomic E-state index is -0.0986. The molecule has 2 rings (SSSR count). The third kappa shape index (κ3) is 4.76. The molecule has 0 heterocycles. The summed E-state index contributed by atoms with van der Waals surface area (Å²) in [6.45, 7) is 0.940. The second kappa shape index (κ2) is 7.82. The van der Waals surface area contributed by atoms with Crippen LogP contribution in [0, 0.1) is 0 Å². The number of rotatable bonds is 6. The van der Waals surface area contributed by atoms with Gasteiger partial charge in [-0.3, -0.25) is 9.69 Å². The van der Waals surface area contributed by atoms with Crippen molar-refractivity contribution in [1.82, 2.24) is 4.90 Å². The van der Waals surface area contributed by atoms with Crippen molar-refractivity contribution in [3.05, 3.63) is 59.1 Å². The summed E-state index contributed by atoms with van der Waals surface area (Å²) in [5.41, 5.74) is 1.72. The number of hydrogen-bond acceptors (Lipinski definition) is 3. The number of ether oxygens (including phenoxy) is 1. The van der Waals surface area contributed by atoms with Gasteiger partial charge in [-0.15, -0.1) is 0 Å². The van der Waals surface area contributed by atoms with Gasteiger partial charge in [-0.1, -0.05) is 35.9 Å². The van der Waals surface area contributed by atoms with Crippen LogP contribution in [0.2, 0.25) is 5.02 Å². The molecule has 0 spiro atoms. The van der Waals surface area contributed by atoms with Gasteiger partial charge in [0, 0.05) is 6.54 Å². The highest BCUT2D eigenvalue weighted by Crippen LogP contribution is 2.20. The molecular weight excluding hydrogens is 300 g/mol. The number of halogens is 1. The van der Waals surface area contributed by atoms with Crippen LogP contribution in [0.1, 0.15) is 5.56 Å². The lowest BCUT2D eigenvalue weighted by Gasteiger charge is -2.17. The summed E-state index contributed by atoms with van der Waals surface area (Å²) in [6.07, 6.45) is 0. The molecule has 0 saturated carbocycles. The number of amides is 1. The number of carbonyl (C=O) groups excluding carboxylic acids is 1. The van der Waals surface area contributed by atoms with Crippen molar-refractivity contribution in [2.45, 2.75) is 6.54 Å². The number of benzene rings is 2. The van der Waals surface area contributed by atoms with Gasteiger partial charge in [0.2, 0.25) is 5.91 Å². The molecule has 0 unspecified atom stereocenters. The maximum absolute atomic E-state index is 12.1. The van der Waals surface area contributed by atoms with Gasteiger partial charge in [-0.2, -0.15) is 0 Å². The predicted molar refractivity (Wildman–Crippen MR) is 89.4 cm³/mol. The van der Waals surface area contributed by atoms with E-state index in [-0.39, 0.29) is 12.5 Å². The maximum Gasteiger partial charge on any atom is 0.238 e. The lowest BCUT2D eigenvalue weighted by Crippen LogP contribution is -2.29. The number of nitrogens with zero attached hydrogens (tertiary/aromatic N) is 1. The van der Waals surface area contributed by atoms with Crippen LogP contribution in [0.5, 0.6) is 5.75 Å². The fraction of sp³-hybridized carbons (Fsp3) is 0.235. The predicted octanol–water partition coefficient (Wildman–Crippen LogP) is 3.42. The molecule has 22 heavy (non-hydrogen) atoms. The second-order valence-electron chi connectivity index (χ2n) is 5.05. The monoisotopic (exact) mass is 318 g/mol. The molecule has 5 heteroatoms. The molecule has 0 aliphatic heterocycles. The Morgan fingerprint density at radius 1 is 1.23 bits per heavy atom. The van der Waals surface area contributed by atoms with E-state index in [1.165, 1.54) is 0 Å². The second-order valence-corrected chi connectivity index (χ2v) is 5.46. The Kier molecular flexibility index (Phi) is 5.81. The third-order valence-electron chi connectivity index (χ3n) is 3.15. The van der Waals surface area contributed by atoms with E-state index in [0.717, 1.165) is 11.3 Å². The highest BCUT2D eigenvalue weighted by atomic mass is 35.5. The zero-order chi connectivity index (χ0) is 15.9. The van der Waals surface area contributed by atoms with Gasteiger partial charge >= 0.3 is 0 Å². The molecule has 2 aromatic carbocycles. The molecule has 0 radical (unpaired) electrons. The standard InChI is InChI=1S/C17H19ClN2O2/c1-20(11-13-6-5-7-14(10-13)22-2)12-17(21)19-16-9-4-3-8-15(16)18/h3-10H,11-12H2,1-2H3,(H,19,21). The summed E-state index contributed by atoms with van der Waals surface area (Å²) in [7, 11) is 3.53. The number of methoxy groups -OCH3 is 1. The minimum Gasteiger partial charge on any atom is -0.497 e. The number of hydrogen-bond donors (Lipinski definition) is 1. The van der Waals surface area contributed by atoms with Crippen molar-refractivity contribution in [2.75, 3.05) is 26.0 Å². The fourth-order valence-corrected chi connectivity index (χ4v) is 2.32. The quantitative estimate of drug-likeness (QED) is 0.887. The first kappa shape index (κ1) is 16.3. The Labute approximate surface area is 135 Å². The molecule has 0 aliphatic rings. The number of carbonyl (C=O) groups is 1. The molecule has 0 fully saturated rings. The first-order chi connectivity index (χ1) is 10.6. The van der Waals surface area contributed by atoms with Gasteiger partial charge < -0.3 is 10.1 Å².